The molecular formula is C22H34N2O6. The average Bonchev–Trinajstić information content (AvgIpc) is 3.18. The van der Waals surface area contributed by atoms with E-state index in [1.807, 2.05) is 27.7 Å². The van der Waals surface area contributed by atoms with Crippen molar-refractivity contribution in [3.63, 3.8) is 0 Å². The van der Waals surface area contributed by atoms with Crippen molar-refractivity contribution in [2.45, 2.75) is 76.8 Å². The standard InChI is InChI=1S/C22H34N2O6/c1-7-9-23(12(3)4)19(27)17-22-10-13(5)21(6,30-22)16(20(28)29)15(22)18(26)24(17)14(8-2)11-25/h7,12-17,25H,1,8-11H2,2-6H3,(H,28,29)/t13?,14-,15-,16-,17?,21+,22?/m0/s1. The third-order valence-electron chi connectivity index (χ3n) is 7.56. The number of aliphatic hydroxyl groups is 1. The number of rotatable bonds is 8. The van der Waals surface area contributed by atoms with Crippen LogP contribution in [0.25, 0.3) is 0 Å². The molecule has 1 spiro atoms. The summed E-state index contributed by atoms with van der Waals surface area (Å²) >= 11 is 0. The molecule has 2 bridgehead atoms. The molecule has 0 saturated carbocycles. The van der Waals surface area contributed by atoms with Crippen molar-refractivity contribution >= 4 is 17.8 Å². The van der Waals surface area contributed by atoms with Crippen molar-refractivity contribution < 1.29 is 29.3 Å². The Morgan fingerprint density at radius 1 is 1.43 bits per heavy atom. The fraction of sp³-hybridized carbons (Fsp3) is 0.773. The molecule has 0 aromatic rings. The zero-order chi connectivity index (χ0) is 22.6. The van der Waals surface area contributed by atoms with Crippen LogP contribution in [0, 0.1) is 17.8 Å². The quantitative estimate of drug-likeness (QED) is 0.571. The highest BCUT2D eigenvalue weighted by molar-refractivity contribution is 5.98. The minimum Gasteiger partial charge on any atom is -0.481 e. The molecule has 2 N–H and O–H groups in total. The molecule has 8 heteroatoms. The Kier molecular flexibility index (Phi) is 5.79. The Morgan fingerprint density at radius 3 is 2.53 bits per heavy atom. The van der Waals surface area contributed by atoms with E-state index in [1.165, 1.54) is 4.90 Å². The number of nitrogens with zero attached hydrogens (tertiary/aromatic N) is 2. The number of ether oxygens (including phenoxy) is 1. The van der Waals surface area contributed by atoms with E-state index >= 15 is 0 Å². The zero-order valence-electron chi connectivity index (χ0n) is 18.5. The maximum Gasteiger partial charge on any atom is 0.310 e. The molecule has 2 amide bonds. The maximum atomic E-state index is 13.9. The van der Waals surface area contributed by atoms with Crippen molar-refractivity contribution in [2.75, 3.05) is 13.2 Å². The van der Waals surface area contributed by atoms with E-state index in [1.54, 1.807) is 17.9 Å². The Morgan fingerprint density at radius 2 is 2.07 bits per heavy atom. The molecule has 0 aliphatic carbocycles. The van der Waals surface area contributed by atoms with Gasteiger partial charge in [0, 0.05) is 12.6 Å². The minimum atomic E-state index is -1.21. The first-order valence-corrected chi connectivity index (χ1v) is 10.8. The number of amides is 2. The maximum absolute atomic E-state index is 13.9. The largest absolute Gasteiger partial charge is 0.481 e. The number of carbonyl (C=O) groups is 3. The molecule has 3 heterocycles. The fourth-order valence-electron chi connectivity index (χ4n) is 5.99. The molecule has 3 rings (SSSR count). The number of hydrogen-bond donors (Lipinski definition) is 2. The summed E-state index contributed by atoms with van der Waals surface area (Å²) < 4.78 is 6.44. The number of aliphatic hydroxyl groups excluding tert-OH is 1. The number of carboxylic acid groups (broad SMARTS) is 1. The number of fused-ring (bicyclic) bond motifs is 1. The number of hydrogen-bond acceptors (Lipinski definition) is 5. The van der Waals surface area contributed by atoms with Gasteiger partial charge in [-0.2, -0.15) is 0 Å². The molecule has 0 aromatic heterocycles. The Balaban J connectivity index is 2.18. The lowest BCUT2D eigenvalue weighted by molar-refractivity contribution is -0.160. The van der Waals surface area contributed by atoms with Gasteiger partial charge < -0.3 is 24.7 Å². The number of aliphatic carboxylic acids is 1. The lowest BCUT2D eigenvalue weighted by atomic mass is 9.62. The molecule has 0 radical (unpaired) electrons. The van der Waals surface area contributed by atoms with E-state index in [2.05, 4.69) is 6.58 Å². The van der Waals surface area contributed by atoms with E-state index in [0.717, 1.165) is 0 Å². The van der Waals surface area contributed by atoms with Gasteiger partial charge >= 0.3 is 5.97 Å². The third kappa shape index (κ3) is 2.83. The summed E-state index contributed by atoms with van der Waals surface area (Å²) in [4.78, 5) is 42.8. The van der Waals surface area contributed by atoms with Crippen LogP contribution in [-0.2, 0) is 19.1 Å². The van der Waals surface area contributed by atoms with Gasteiger partial charge in [0.25, 0.3) is 0 Å². The molecule has 168 valence electrons. The van der Waals surface area contributed by atoms with Crippen LogP contribution < -0.4 is 0 Å². The van der Waals surface area contributed by atoms with Crippen LogP contribution in [0.2, 0.25) is 0 Å². The Bertz CT molecular complexity index is 750. The summed E-state index contributed by atoms with van der Waals surface area (Å²) in [6, 6.07) is -1.69. The predicted octanol–water partition coefficient (Wildman–Crippen LogP) is 1.28. The van der Waals surface area contributed by atoms with Crippen LogP contribution in [0.3, 0.4) is 0 Å². The van der Waals surface area contributed by atoms with Crippen molar-refractivity contribution in [2.24, 2.45) is 17.8 Å². The lowest BCUT2D eigenvalue weighted by Gasteiger charge is -2.40. The molecule has 7 atom stereocenters. The van der Waals surface area contributed by atoms with E-state index in [-0.39, 0.29) is 24.5 Å². The van der Waals surface area contributed by atoms with Gasteiger partial charge in [0.2, 0.25) is 11.8 Å². The van der Waals surface area contributed by atoms with Crippen molar-refractivity contribution in [1.82, 2.24) is 9.80 Å². The predicted molar refractivity (Wildman–Crippen MR) is 109 cm³/mol. The molecule has 3 saturated heterocycles. The van der Waals surface area contributed by atoms with Gasteiger partial charge in [-0.05, 0) is 39.5 Å². The first-order chi connectivity index (χ1) is 14.0. The summed E-state index contributed by atoms with van der Waals surface area (Å²) in [6.45, 7) is 13.0. The highest BCUT2D eigenvalue weighted by atomic mass is 16.5. The van der Waals surface area contributed by atoms with Crippen LogP contribution in [-0.4, -0.2) is 80.3 Å². The molecule has 3 aliphatic heterocycles. The van der Waals surface area contributed by atoms with Crippen LogP contribution in [0.4, 0.5) is 0 Å². The second kappa shape index (κ2) is 7.64. The van der Waals surface area contributed by atoms with Crippen LogP contribution in [0.5, 0.6) is 0 Å². The third-order valence-corrected chi connectivity index (χ3v) is 7.56. The molecule has 3 fully saturated rings. The molecule has 0 aromatic carbocycles. The SMILES string of the molecule is C=CCN(C(=O)C1N([C@@H](CC)CO)C(=O)[C@@H]2[C@@H](C(=O)O)[C@]3(C)OC12CC3C)C(C)C. The normalized spacial score (nSPS) is 38.1. The second-order valence-electron chi connectivity index (χ2n) is 9.41. The summed E-state index contributed by atoms with van der Waals surface area (Å²) in [7, 11) is 0. The van der Waals surface area contributed by atoms with Crippen LogP contribution in [0.15, 0.2) is 12.7 Å². The molecule has 30 heavy (non-hydrogen) atoms. The average molecular weight is 423 g/mol. The second-order valence-corrected chi connectivity index (χ2v) is 9.41. The monoisotopic (exact) mass is 422 g/mol. The van der Waals surface area contributed by atoms with Crippen molar-refractivity contribution in [3.05, 3.63) is 12.7 Å². The molecule has 3 aliphatic rings. The summed E-state index contributed by atoms with van der Waals surface area (Å²) in [6.07, 6.45) is 2.51. The van der Waals surface area contributed by atoms with Gasteiger partial charge in [-0.15, -0.1) is 6.58 Å². The summed E-state index contributed by atoms with van der Waals surface area (Å²) in [5, 5.41) is 20.0. The van der Waals surface area contributed by atoms with Crippen LogP contribution >= 0.6 is 0 Å². The fourth-order valence-corrected chi connectivity index (χ4v) is 5.99. The summed E-state index contributed by atoms with van der Waals surface area (Å²) in [5.41, 5.74) is -2.22. The number of carboxylic acids is 1. The van der Waals surface area contributed by atoms with Crippen LogP contribution in [0.1, 0.15) is 47.5 Å². The van der Waals surface area contributed by atoms with Gasteiger partial charge in [0.1, 0.15) is 17.6 Å². The van der Waals surface area contributed by atoms with Gasteiger partial charge in [0.15, 0.2) is 0 Å². The minimum absolute atomic E-state index is 0.126. The van der Waals surface area contributed by atoms with Gasteiger partial charge in [-0.1, -0.05) is 19.9 Å². The first kappa shape index (κ1) is 22.7. The van der Waals surface area contributed by atoms with E-state index in [9.17, 15) is 24.6 Å². The van der Waals surface area contributed by atoms with E-state index < -0.39 is 47.0 Å². The van der Waals surface area contributed by atoms with E-state index in [4.69, 9.17) is 4.74 Å². The molecule has 3 unspecified atom stereocenters. The Labute approximate surface area is 177 Å². The first-order valence-electron chi connectivity index (χ1n) is 10.8. The van der Waals surface area contributed by atoms with Gasteiger partial charge in [-0.3, -0.25) is 14.4 Å². The van der Waals surface area contributed by atoms with Gasteiger partial charge in [0.05, 0.1) is 24.2 Å². The summed E-state index contributed by atoms with van der Waals surface area (Å²) in [5.74, 6) is -3.87. The molecular weight excluding hydrogens is 388 g/mol. The van der Waals surface area contributed by atoms with Crippen molar-refractivity contribution in [3.8, 4) is 0 Å². The van der Waals surface area contributed by atoms with Gasteiger partial charge in [-0.25, -0.2) is 0 Å². The number of carbonyl (C=O) groups excluding carboxylic acids is 2. The Hall–Kier alpha value is -1.93. The zero-order valence-corrected chi connectivity index (χ0v) is 18.5. The van der Waals surface area contributed by atoms with Crippen molar-refractivity contribution in [1.29, 1.82) is 0 Å². The number of likely N-dealkylation sites (tertiary alicyclic amines) is 1. The lowest BCUT2D eigenvalue weighted by Crippen LogP contribution is -2.59. The molecule has 8 nitrogen and oxygen atoms in total. The highest BCUT2D eigenvalue weighted by Gasteiger charge is 2.80. The smallest absolute Gasteiger partial charge is 0.310 e. The highest BCUT2D eigenvalue weighted by Crippen LogP contribution is 2.65. The topological polar surface area (TPSA) is 107 Å². The van der Waals surface area contributed by atoms with E-state index in [0.29, 0.717) is 19.4 Å².